The number of nitrogens with one attached hydrogen (secondary N) is 1. The molecule has 1 saturated heterocycles. The second kappa shape index (κ2) is 82.0. The second-order valence-corrected chi connectivity index (χ2v) is 40.4. The van der Waals surface area contributed by atoms with Gasteiger partial charge in [-0.15, -0.1) is 0 Å². The molecule has 0 amide bonds. The number of aliphatic hydroxyl groups excluding tert-OH is 5. The van der Waals surface area contributed by atoms with Crippen LogP contribution in [0.1, 0.15) is 363 Å². The monoisotopic (exact) mass is 1760 g/mol. The summed E-state index contributed by atoms with van der Waals surface area (Å²) in [6.07, 6.45) is 50.8. The molecule has 26 heteroatoms. The number of aliphatic hydroxyl groups is 5. The quantitative estimate of drug-likeness (QED) is 0.0117. The number of quaternary nitrogens is 2. The molecule has 0 aromatic rings. The molecule has 0 aromatic heterocycles. The van der Waals surface area contributed by atoms with Crippen molar-refractivity contribution in [3.8, 4) is 0 Å². The Bertz CT molecular complexity index is 2370. The number of epoxide rings is 1. The molecular weight excluding hydrogens is 1560 g/mol. The van der Waals surface area contributed by atoms with E-state index in [0.717, 1.165) is 149 Å². The summed E-state index contributed by atoms with van der Waals surface area (Å²) < 4.78 is 68.5. The predicted octanol–water partition coefficient (Wildman–Crippen LogP) is 14.9. The smallest absolute Gasteiger partial charge is 0.265 e. The number of carbonyl (C=O) groups excluding carboxylic acids is 2. The van der Waals surface area contributed by atoms with Crippen molar-refractivity contribution in [3.05, 3.63) is 0 Å². The summed E-state index contributed by atoms with van der Waals surface area (Å²) in [6, 6.07) is 0. The van der Waals surface area contributed by atoms with E-state index in [1.54, 1.807) is 0 Å². The molecule has 720 valence electrons. The van der Waals surface area contributed by atoms with Gasteiger partial charge < -0.3 is 56.0 Å². The van der Waals surface area contributed by atoms with Crippen LogP contribution >= 0.6 is 0 Å². The van der Waals surface area contributed by atoms with Crippen LogP contribution in [0, 0.1) is 0 Å². The van der Waals surface area contributed by atoms with Gasteiger partial charge in [0.05, 0.1) is 109 Å². The molecule has 1 aliphatic rings. The lowest BCUT2D eigenvalue weighted by molar-refractivity contribution is -0.890. The molecule has 1 heterocycles. The summed E-state index contributed by atoms with van der Waals surface area (Å²) in [5.74, 6) is -0.0683. The van der Waals surface area contributed by atoms with Gasteiger partial charge in [0.25, 0.3) is 20.2 Å². The molecule has 6 atom stereocenters. The van der Waals surface area contributed by atoms with Crippen LogP contribution in [0.5, 0.6) is 0 Å². The SMILES string of the molecule is CCCCCCCCC(O)CN(CCC(=O)CCC[N+](C)(C)CCCS(=O)(=O)O)CCN(CCN(CC(O)CCCCCCCC)CC(O)CCCCCCCC)CCN(CC(O)CCCCCCCC)CC(O)CCCCCCCC.CCCCCCCCC1CO1.C[N+](C)(CCCC(=O)CCNCCN(CCN)CCN)CCCS(=O)(=O)O. The van der Waals surface area contributed by atoms with Gasteiger partial charge in [-0.25, -0.2) is 0 Å². The van der Waals surface area contributed by atoms with Crippen molar-refractivity contribution < 1.29 is 74.8 Å². The first-order valence-corrected chi connectivity index (χ1v) is 52.9. The largest absolute Gasteiger partial charge is 0.392 e. The maximum atomic E-state index is 13.6. The van der Waals surface area contributed by atoms with E-state index in [9.17, 15) is 56.5 Å². The standard InChI is InChI=1S/C67H139N5O9S.C17H39N5O4S.C10H20O/c1-8-13-18-23-28-33-40-63(74)57-69(47-46-62(73)45-38-54-72(6,7)55-39-56-82(79,80)81)51-48-68(49-52-70(58-64(75)41-34-29-24-19-14-9-2)59-65(76)42-35-30-25-20-15-10-3)50-53-71(60-66(77)43-36-31-26-21-16-11-4)61-67(78)44-37-32-27-22-17-12-5;1-22(2,15-4-16-27(24,25)26)14-3-5-17(23)6-9-20-10-13-21(11-7-18)12-8-19;1-2-3-4-5-6-7-8-10-9-11-10/h63-67,74-78H,8-61H2,1-7H3;20H,3-16,18-19H2,1-2H3;10H,2-9H2,1H3/p+2. The highest BCUT2D eigenvalue weighted by Crippen LogP contribution is 2.21. The number of rotatable bonds is 90. The zero-order valence-electron chi connectivity index (χ0n) is 79.8. The summed E-state index contributed by atoms with van der Waals surface area (Å²) in [5, 5.41) is 60.9. The average molecular weight is 1760 g/mol. The van der Waals surface area contributed by atoms with Crippen LogP contribution < -0.4 is 16.8 Å². The van der Waals surface area contributed by atoms with Crippen LogP contribution in [0.25, 0.3) is 0 Å². The van der Waals surface area contributed by atoms with Gasteiger partial charge in [0.15, 0.2) is 0 Å². The van der Waals surface area contributed by atoms with Crippen LogP contribution in [-0.2, 0) is 34.6 Å². The Morgan fingerprint density at radius 3 is 0.917 bits per heavy atom. The van der Waals surface area contributed by atoms with Gasteiger partial charge in [-0.05, 0) is 38.5 Å². The minimum absolute atomic E-state index is 0.176. The molecule has 0 saturated carbocycles. The number of Topliss-reactive ketones (excluding diaryl/α,β-unsaturated/α-hetero) is 2. The van der Waals surface area contributed by atoms with Crippen molar-refractivity contribution >= 4 is 31.8 Å². The van der Waals surface area contributed by atoms with E-state index < -0.39 is 50.8 Å². The summed E-state index contributed by atoms with van der Waals surface area (Å²) in [7, 11) is 0.157. The van der Waals surface area contributed by atoms with Gasteiger partial charge in [0.1, 0.15) is 11.6 Å². The molecule has 24 nitrogen and oxygen atoms in total. The van der Waals surface area contributed by atoms with Crippen LogP contribution in [0.3, 0.4) is 0 Å². The number of ether oxygens (including phenoxy) is 1. The highest BCUT2D eigenvalue weighted by Gasteiger charge is 2.25. The number of ketones is 2. The first-order chi connectivity index (χ1) is 57.4. The highest BCUT2D eigenvalue weighted by molar-refractivity contribution is 7.86. The van der Waals surface area contributed by atoms with Crippen molar-refractivity contribution in [1.82, 2.24) is 29.8 Å². The summed E-state index contributed by atoms with van der Waals surface area (Å²) in [4.78, 5) is 37.1. The minimum Gasteiger partial charge on any atom is -0.392 e. The Morgan fingerprint density at radius 2 is 0.608 bits per heavy atom. The fourth-order valence-electron chi connectivity index (χ4n) is 15.9. The van der Waals surface area contributed by atoms with Crippen molar-refractivity contribution in [2.75, 3.05) is 197 Å². The molecule has 0 spiro atoms. The Balaban J connectivity index is 0. The fourth-order valence-corrected chi connectivity index (χ4v) is 16.9. The molecule has 120 heavy (non-hydrogen) atoms. The van der Waals surface area contributed by atoms with E-state index in [1.807, 2.05) is 28.2 Å². The van der Waals surface area contributed by atoms with Gasteiger partial charge in [-0.2, -0.15) is 16.8 Å². The molecular formula is C94H200N10O14S2+2. The van der Waals surface area contributed by atoms with E-state index in [4.69, 9.17) is 20.8 Å². The van der Waals surface area contributed by atoms with Crippen molar-refractivity contribution in [2.45, 2.75) is 399 Å². The van der Waals surface area contributed by atoms with Gasteiger partial charge in [0.2, 0.25) is 0 Å². The molecule has 0 radical (unpaired) electrons. The third-order valence-electron chi connectivity index (χ3n) is 23.8. The van der Waals surface area contributed by atoms with Crippen molar-refractivity contribution in [3.63, 3.8) is 0 Å². The van der Waals surface area contributed by atoms with Crippen molar-refractivity contribution in [2.24, 2.45) is 11.5 Å². The summed E-state index contributed by atoms with van der Waals surface area (Å²) in [6.45, 7) is 29.6. The van der Waals surface area contributed by atoms with Gasteiger partial charge in [-0.1, -0.05) is 273 Å². The number of hydrogen-bond donors (Lipinski definition) is 10. The zero-order chi connectivity index (χ0) is 89.7. The number of carbonyl (C=O) groups is 2. The third-order valence-corrected chi connectivity index (χ3v) is 25.4. The third kappa shape index (κ3) is 87.2. The Morgan fingerprint density at radius 1 is 0.342 bits per heavy atom. The van der Waals surface area contributed by atoms with Crippen LogP contribution in [0.4, 0.5) is 0 Å². The number of hydrogen-bond acceptors (Lipinski definition) is 20. The molecule has 1 fully saturated rings. The maximum Gasteiger partial charge on any atom is 0.265 e. The number of nitrogens with zero attached hydrogens (tertiary/aromatic N) is 7. The van der Waals surface area contributed by atoms with Crippen molar-refractivity contribution in [1.29, 1.82) is 0 Å². The van der Waals surface area contributed by atoms with Crippen LogP contribution in [-0.4, -0.2) is 330 Å². The van der Waals surface area contributed by atoms with Crippen LogP contribution in [0.2, 0.25) is 0 Å². The second-order valence-electron chi connectivity index (χ2n) is 37.2. The minimum atomic E-state index is -4.01. The molecule has 1 aliphatic heterocycles. The lowest BCUT2D eigenvalue weighted by Gasteiger charge is -2.34. The van der Waals surface area contributed by atoms with E-state index in [-0.39, 0.29) is 23.1 Å². The summed E-state index contributed by atoms with van der Waals surface area (Å²) in [5.41, 5.74) is 11.1. The molecule has 0 bridgehead atoms. The van der Waals surface area contributed by atoms with E-state index in [1.165, 1.54) is 173 Å². The Hall–Kier alpha value is -1.48. The molecule has 1 rings (SSSR count). The molecule has 12 N–H and O–H groups in total. The van der Waals surface area contributed by atoms with E-state index in [2.05, 4.69) is 71.4 Å². The van der Waals surface area contributed by atoms with Gasteiger partial charge in [-0.3, -0.25) is 43.2 Å². The first-order valence-electron chi connectivity index (χ1n) is 49.7. The van der Waals surface area contributed by atoms with E-state index in [0.29, 0.717) is 171 Å². The topological polar surface area (TPSA) is 337 Å². The normalized spacial score (nSPS) is 14.8. The zero-order valence-corrected chi connectivity index (χ0v) is 81.4. The first kappa shape index (κ1) is 121. The highest BCUT2D eigenvalue weighted by atomic mass is 32.2. The fraction of sp³-hybridized carbons (Fsp3) is 0.979. The van der Waals surface area contributed by atoms with Gasteiger partial charge in [0, 0.05) is 176 Å². The lowest BCUT2D eigenvalue weighted by atomic mass is 10.1. The van der Waals surface area contributed by atoms with Crippen LogP contribution in [0.15, 0.2) is 0 Å². The van der Waals surface area contributed by atoms with Gasteiger partial charge >= 0.3 is 0 Å². The maximum absolute atomic E-state index is 13.6. The number of unbranched alkanes of at least 4 members (excludes halogenated alkanes) is 30. The van der Waals surface area contributed by atoms with E-state index >= 15 is 0 Å². The Kier molecular flexibility index (Phi) is 82.4. The average Bonchev–Trinajstić information content (AvgIpc) is 1.75. The lowest BCUT2D eigenvalue weighted by Crippen LogP contribution is -2.48. The Labute approximate surface area is 739 Å². The summed E-state index contributed by atoms with van der Waals surface area (Å²) >= 11 is 0. The number of nitrogens with two attached hydrogens (primary N) is 2. The molecule has 0 aliphatic carbocycles. The molecule has 0 aromatic carbocycles. The predicted molar refractivity (Wildman–Crippen MR) is 504 cm³/mol. The molecule has 6 unspecified atom stereocenters.